The molecule has 2 aromatic rings. The number of furan rings is 1. The highest BCUT2D eigenvalue weighted by atomic mass is 16.3. The van der Waals surface area contributed by atoms with E-state index < -0.39 is 0 Å². The highest BCUT2D eigenvalue weighted by Gasteiger charge is 2.09. The van der Waals surface area contributed by atoms with Crippen LogP contribution in [0.15, 0.2) is 41.3 Å². The molecule has 0 N–H and O–H groups in total. The molecule has 0 saturated heterocycles. The number of aryl methyl sites for hydroxylation is 1. The Labute approximate surface area is 87.8 Å². The molecule has 0 radical (unpaired) electrons. The van der Waals surface area contributed by atoms with Crippen LogP contribution in [0.1, 0.15) is 21.7 Å². The van der Waals surface area contributed by atoms with E-state index in [-0.39, 0.29) is 5.78 Å². The van der Waals surface area contributed by atoms with Crippen molar-refractivity contribution in [2.45, 2.75) is 13.3 Å². The fourth-order valence-corrected chi connectivity index (χ4v) is 1.38. The SMILES string of the molecule is Cc1cc(C(=O)Cc2ccncc2)co1. The van der Waals surface area contributed by atoms with Crippen molar-refractivity contribution in [2.75, 3.05) is 0 Å². The Kier molecular flexibility index (Phi) is 2.63. The smallest absolute Gasteiger partial charge is 0.170 e. The highest BCUT2D eigenvalue weighted by Crippen LogP contribution is 2.10. The summed E-state index contributed by atoms with van der Waals surface area (Å²) in [5.41, 5.74) is 1.60. The van der Waals surface area contributed by atoms with Gasteiger partial charge in [-0.1, -0.05) is 0 Å². The van der Waals surface area contributed by atoms with Gasteiger partial charge in [0.25, 0.3) is 0 Å². The van der Waals surface area contributed by atoms with Gasteiger partial charge in [0.2, 0.25) is 0 Å². The fraction of sp³-hybridized carbons (Fsp3) is 0.167. The Balaban J connectivity index is 2.11. The molecular formula is C12H11NO2. The van der Waals surface area contributed by atoms with Crippen molar-refractivity contribution in [3.63, 3.8) is 0 Å². The maximum absolute atomic E-state index is 11.7. The number of carbonyl (C=O) groups excluding carboxylic acids is 1. The molecule has 0 fully saturated rings. The van der Waals surface area contributed by atoms with Crippen molar-refractivity contribution < 1.29 is 9.21 Å². The second-order valence-electron chi connectivity index (χ2n) is 3.40. The third-order valence-corrected chi connectivity index (χ3v) is 2.17. The van der Waals surface area contributed by atoms with E-state index in [9.17, 15) is 4.79 Å². The molecule has 3 heteroatoms. The minimum atomic E-state index is 0.0676. The zero-order chi connectivity index (χ0) is 10.7. The van der Waals surface area contributed by atoms with E-state index in [0.29, 0.717) is 12.0 Å². The molecule has 0 atom stereocenters. The van der Waals surface area contributed by atoms with Crippen LogP contribution in [0.3, 0.4) is 0 Å². The molecule has 2 heterocycles. The van der Waals surface area contributed by atoms with E-state index in [1.54, 1.807) is 18.5 Å². The third-order valence-electron chi connectivity index (χ3n) is 2.17. The van der Waals surface area contributed by atoms with Crippen molar-refractivity contribution in [3.05, 3.63) is 53.7 Å². The largest absolute Gasteiger partial charge is 0.469 e. The Bertz CT molecular complexity index is 459. The number of ketones is 1. The van der Waals surface area contributed by atoms with Gasteiger partial charge >= 0.3 is 0 Å². The monoisotopic (exact) mass is 201 g/mol. The number of nitrogens with zero attached hydrogens (tertiary/aromatic N) is 1. The van der Waals surface area contributed by atoms with Gasteiger partial charge < -0.3 is 4.42 Å². The summed E-state index contributed by atoms with van der Waals surface area (Å²) in [6.45, 7) is 1.82. The quantitative estimate of drug-likeness (QED) is 0.716. The molecule has 76 valence electrons. The summed E-state index contributed by atoms with van der Waals surface area (Å²) in [6.07, 6.45) is 5.26. The molecule has 0 aromatic carbocycles. The van der Waals surface area contributed by atoms with E-state index in [1.807, 2.05) is 19.1 Å². The Hall–Kier alpha value is -1.90. The van der Waals surface area contributed by atoms with Crippen molar-refractivity contribution >= 4 is 5.78 Å². The van der Waals surface area contributed by atoms with Gasteiger partial charge in [0.15, 0.2) is 5.78 Å². The van der Waals surface area contributed by atoms with Crippen molar-refractivity contribution in [1.29, 1.82) is 0 Å². The maximum atomic E-state index is 11.7. The van der Waals surface area contributed by atoms with E-state index in [2.05, 4.69) is 4.98 Å². The number of carbonyl (C=O) groups is 1. The molecule has 2 rings (SSSR count). The minimum Gasteiger partial charge on any atom is -0.469 e. The number of hydrogen-bond donors (Lipinski definition) is 0. The molecular weight excluding hydrogens is 190 g/mol. The predicted molar refractivity (Wildman–Crippen MR) is 55.7 cm³/mol. The first-order valence-corrected chi connectivity index (χ1v) is 4.73. The van der Waals surface area contributed by atoms with Gasteiger partial charge in [-0.15, -0.1) is 0 Å². The summed E-state index contributed by atoms with van der Waals surface area (Å²) in [5.74, 6) is 0.825. The van der Waals surface area contributed by atoms with Gasteiger partial charge in [0.1, 0.15) is 12.0 Å². The summed E-state index contributed by atoms with van der Waals surface area (Å²) in [6, 6.07) is 5.43. The maximum Gasteiger partial charge on any atom is 0.170 e. The average molecular weight is 201 g/mol. The number of rotatable bonds is 3. The van der Waals surface area contributed by atoms with Gasteiger partial charge in [0, 0.05) is 18.8 Å². The van der Waals surface area contributed by atoms with Gasteiger partial charge in [0.05, 0.1) is 5.56 Å². The Morgan fingerprint density at radius 3 is 2.73 bits per heavy atom. The first kappa shape index (κ1) is 9.65. The highest BCUT2D eigenvalue weighted by molar-refractivity contribution is 5.97. The molecule has 0 aliphatic carbocycles. The van der Waals surface area contributed by atoms with Crippen LogP contribution >= 0.6 is 0 Å². The van der Waals surface area contributed by atoms with Gasteiger partial charge in [-0.2, -0.15) is 0 Å². The summed E-state index contributed by atoms with van der Waals surface area (Å²) in [7, 11) is 0. The molecule has 3 nitrogen and oxygen atoms in total. The molecule has 15 heavy (non-hydrogen) atoms. The second kappa shape index (κ2) is 4.09. The minimum absolute atomic E-state index is 0.0676. The lowest BCUT2D eigenvalue weighted by molar-refractivity contribution is 0.0992. The fourth-order valence-electron chi connectivity index (χ4n) is 1.38. The second-order valence-corrected chi connectivity index (χ2v) is 3.40. The van der Waals surface area contributed by atoms with Crippen LogP contribution in [-0.2, 0) is 6.42 Å². The van der Waals surface area contributed by atoms with Gasteiger partial charge in [-0.25, -0.2) is 0 Å². The first-order chi connectivity index (χ1) is 7.25. The molecule has 2 aromatic heterocycles. The standard InChI is InChI=1S/C12H11NO2/c1-9-6-11(8-15-9)12(14)7-10-2-4-13-5-3-10/h2-6,8H,7H2,1H3. The lowest BCUT2D eigenvalue weighted by Crippen LogP contribution is -2.01. The van der Waals surface area contributed by atoms with Crippen LogP contribution < -0.4 is 0 Å². The Morgan fingerprint density at radius 1 is 1.40 bits per heavy atom. The summed E-state index contributed by atoms with van der Waals surface area (Å²) < 4.78 is 5.09. The lowest BCUT2D eigenvalue weighted by Gasteiger charge is -1.97. The van der Waals surface area contributed by atoms with Crippen LogP contribution in [0.4, 0.5) is 0 Å². The molecule has 0 amide bonds. The van der Waals surface area contributed by atoms with E-state index in [1.165, 1.54) is 6.26 Å². The first-order valence-electron chi connectivity index (χ1n) is 4.73. The lowest BCUT2D eigenvalue weighted by atomic mass is 10.1. The number of hydrogen-bond acceptors (Lipinski definition) is 3. The Morgan fingerprint density at radius 2 is 2.13 bits per heavy atom. The summed E-state index contributed by atoms with van der Waals surface area (Å²) in [5, 5.41) is 0. The van der Waals surface area contributed by atoms with Crippen LogP contribution in [0.2, 0.25) is 0 Å². The summed E-state index contributed by atoms with van der Waals surface area (Å²) in [4.78, 5) is 15.6. The van der Waals surface area contributed by atoms with E-state index in [0.717, 1.165) is 11.3 Å². The molecule has 0 saturated carbocycles. The van der Waals surface area contributed by atoms with Crippen LogP contribution in [0.25, 0.3) is 0 Å². The van der Waals surface area contributed by atoms with Crippen molar-refractivity contribution in [2.24, 2.45) is 0 Å². The molecule has 0 unspecified atom stereocenters. The van der Waals surface area contributed by atoms with E-state index in [4.69, 9.17) is 4.42 Å². The van der Waals surface area contributed by atoms with Crippen molar-refractivity contribution in [3.8, 4) is 0 Å². The van der Waals surface area contributed by atoms with Gasteiger partial charge in [-0.05, 0) is 30.7 Å². The molecule has 0 spiro atoms. The zero-order valence-corrected chi connectivity index (χ0v) is 8.43. The number of Topliss-reactive ketones (excluding diaryl/α,β-unsaturated/α-hetero) is 1. The summed E-state index contributed by atoms with van der Waals surface area (Å²) >= 11 is 0. The van der Waals surface area contributed by atoms with Crippen LogP contribution in [0.5, 0.6) is 0 Å². The molecule has 0 aliphatic heterocycles. The third kappa shape index (κ3) is 2.31. The van der Waals surface area contributed by atoms with Crippen LogP contribution in [0, 0.1) is 6.92 Å². The van der Waals surface area contributed by atoms with Gasteiger partial charge in [-0.3, -0.25) is 9.78 Å². The normalized spacial score (nSPS) is 10.2. The van der Waals surface area contributed by atoms with E-state index >= 15 is 0 Å². The molecule has 0 bridgehead atoms. The molecule has 0 aliphatic rings. The number of pyridine rings is 1. The van der Waals surface area contributed by atoms with Crippen molar-refractivity contribution in [1.82, 2.24) is 4.98 Å². The van der Waals surface area contributed by atoms with Crippen LogP contribution in [-0.4, -0.2) is 10.8 Å². The topological polar surface area (TPSA) is 43.1 Å². The predicted octanol–water partition coefficient (Wildman–Crippen LogP) is 2.41. The average Bonchev–Trinajstić information content (AvgIpc) is 2.66. The zero-order valence-electron chi connectivity index (χ0n) is 8.43. The number of aromatic nitrogens is 1.